The molecule has 2 heterocycles. The van der Waals surface area contributed by atoms with E-state index in [1.54, 1.807) is 13.1 Å². The third kappa shape index (κ3) is 3.61. The average Bonchev–Trinajstić information content (AvgIpc) is 2.78. The van der Waals surface area contributed by atoms with Gasteiger partial charge in [-0.15, -0.1) is 11.3 Å². The van der Waals surface area contributed by atoms with E-state index >= 15 is 0 Å². The SMILES string of the molecule is Cc1sc(Cc2ccccn2)nc1C(=O)NCC(=O)O. The molecular weight excluding hydrogens is 278 g/mol. The van der Waals surface area contributed by atoms with E-state index in [1.165, 1.54) is 11.3 Å². The van der Waals surface area contributed by atoms with Gasteiger partial charge in [0.2, 0.25) is 0 Å². The number of amides is 1. The molecule has 0 atom stereocenters. The van der Waals surface area contributed by atoms with Crippen LogP contribution in [0.5, 0.6) is 0 Å². The molecule has 2 N–H and O–H groups in total. The standard InChI is InChI=1S/C13H13N3O3S/c1-8-12(13(19)15-7-11(17)18)16-10(20-8)6-9-4-2-3-5-14-9/h2-5H,6-7H2,1H3,(H,15,19)(H,17,18). The second kappa shape index (κ2) is 6.25. The summed E-state index contributed by atoms with van der Waals surface area (Å²) in [4.78, 5) is 31.4. The van der Waals surface area contributed by atoms with E-state index in [9.17, 15) is 9.59 Å². The Labute approximate surface area is 119 Å². The number of carboxylic acids is 1. The van der Waals surface area contributed by atoms with Gasteiger partial charge in [0.1, 0.15) is 12.2 Å². The van der Waals surface area contributed by atoms with E-state index in [4.69, 9.17) is 5.11 Å². The highest BCUT2D eigenvalue weighted by Crippen LogP contribution is 2.19. The molecule has 2 aromatic heterocycles. The van der Waals surface area contributed by atoms with Crippen LogP contribution in [0.25, 0.3) is 0 Å². The van der Waals surface area contributed by atoms with Gasteiger partial charge < -0.3 is 10.4 Å². The van der Waals surface area contributed by atoms with Crippen molar-refractivity contribution in [3.05, 3.63) is 45.7 Å². The average molecular weight is 291 g/mol. The lowest BCUT2D eigenvalue weighted by molar-refractivity contribution is -0.135. The Kier molecular flexibility index (Phi) is 4.41. The number of aryl methyl sites for hydroxylation is 1. The zero-order valence-electron chi connectivity index (χ0n) is 10.8. The van der Waals surface area contributed by atoms with Gasteiger partial charge in [0, 0.05) is 23.2 Å². The number of aromatic nitrogens is 2. The molecular formula is C13H13N3O3S. The number of thiazole rings is 1. The number of hydrogen-bond acceptors (Lipinski definition) is 5. The van der Waals surface area contributed by atoms with Crippen molar-refractivity contribution in [2.75, 3.05) is 6.54 Å². The molecule has 1 amide bonds. The first kappa shape index (κ1) is 14.1. The predicted molar refractivity (Wildman–Crippen MR) is 73.9 cm³/mol. The Morgan fingerprint density at radius 2 is 2.20 bits per heavy atom. The summed E-state index contributed by atoms with van der Waals surface area (Å²) in [7, 11) is 0. The molecule has 0 fully saturated rings. The normalized spacial score (nSPS) is 10.2. The van der Waals surface area contributed by atoms with E-state index in [2.05, 4.69) is 15.3 Å². The Bertz CT molecular complexity index is 625. The lowest BCUT2D eigenvalue weighted by atomic mass is 10.3. The van der Waals surface area contributed by atoms with Crippen LogP contribution in [-0.4, -0.2) is 33.5 Å². The first-order chi connectivity index (χ1) is 9.56. The van der Waals surface area contributed by atoms with E-state index < -0.39 is 18.4 Å². The van der Waals surface area contributed by atoms with Crippen molar-refractivity contribution in [1.82, 2.24) is 15.3 Å². The summed E-state index contributed by atoms with van der Waals surface area (Å²) in [5.74, 6) is -1.55. The second-order valence-corrected chi connectivity index (χ2v) is 5.37. The van der Waals surface area contributed by atoms with Crippen molar-refractivity contribution < 1.29 is 14.7 Å². The highest BCUT2D eigenvalue weighted by atomic mass is 32.1. The minimum absolute atomic E-state index is 0.280. The van der Waals surface area contributed by atoms with E-state index in [1.807, 2.05) is 18.2 Å². The van der Waals surface area contributed by atoms with Crippen molar-refractivity contribution in [3.63, 3.8) is 0 Å². The van der Waals surface area contributed by atoms with Crippen molar-refractivity contribution in [1.29, 1.82) is 0 Å². The number of carboxylic acid groups (broad SMARTS) is 1. The van der Waals surface area contributed by atoms with Crippen LogP contribution >= 0.6 is 11.3 Å². The molecule has 6 nitrogen and oxygen atoms in total. The monoisotopic (exact) mass is 291 g/mol. The number of aliphatic carboxylic acids is 1. The van der Waals surface area contributed by atoms with Gasteiger partial charge in [-0.1, -0.05) is 6.07 Å². The molecule has 0 aromatic carbocycles. The van der Waals surface area contributed by atoms with Gasteiger partial charge in [-0.3, -0.25) is 14.6 Å². The summed E-state index contributed by atoms with van der Waals surface area (Å²) in [6, 6.07) is 5.62. The lowest BCUT2D eigenvalue weighted by Crippen LogP contribution is -2.29. The third-order valence-electron chi connectivity index (χ3n) is 2.51. The Morgan fingerprint density at radius 1 is 1.40 bits per heavy atom. The van der Waals surface area contributed by atoms with Gasteiger partial charge in [0.15, 0.2) is 0 Å². The van der Waals surface area contributed by atoms with Crippen LogP contribution in [0.15, 0.2) is 24.4 Å². The molecule has 2 aromatic rings. The number of nitrogens with zero attached hydrogens (tertiary/aromatic N) is 2. The van der Waals surface area contributed by atoms with Crippen LogP contribution < -0.4 is 5.32 Å². The van der Waals surface area contributed by atoms with E-state index in [0.717, 1.165) is 15.6 Å². The summed E-state index contributed by atoms with van der Waals surface area (Å²) in [5, 5.41) is 11.6. The van der Waals surface area contributed by atoms with Crippen molar-refractivity contribution in [3.8, 4) is 0 Å². The third-order valence-corrected chi connectivity index (χ3v) is 3.49. The fourth-order valence-corrected chi connectivity index (χ4v) is 2.58. The highest BCUT2D eigenvalue weighted by Gasteiger charge is 2.16. The molecule has 2 rings (SSSR count). The predicted octanol–water partition coefficient (Wildman–Crippen LogP) is 1.25. The number of hydrogen-bond donors (Lipinski definition) is 2. The molecule has 0 aliphatic rings. The zero-order chi connectivity index (χ0) is 14.5. The summed E-state index contributed by atoms with van der Waals surface area (Å²) < 4.78 is 0. The molecule has 0 saturated heterocycles. The number of carbonyl (C=O) groups excluding carboxylic acids is 1. The number of carbonyl (C=O) groups is 2. The molecule has 104 valence electrons. The fourth-order valence-electron chi connectivity index (χ4n) is 1.63. The topological polar surface area (TPSA) is 92.2 Å². The van der Waals surface area contributed by atoms with Crippen LogP contribution in [0.1, 0.15) is 26.1 Å². The molecule has 0 aliphatic heterocycles. The van der Waals surface area contributed by atoms with Crippen LogP contribution in [0.2, 0.25) is 0 Å². The smallest absolute Gasteiger partial charge is 0.322 e. The van der Waals surface area contributed by atoms with E-state index in [-0.39, 0.29) is 5.69 Å². The number of pyridine rings is 1. The zero-order valence-corrected chi connectivity index (χ0v) is 11.6. The first-order valence-corrected chi connectivity index (χ1v) is 6.74. The molecule has 0 unspecified atom stereocenters. The molecule has 0 spiro atoms. The molecule has 20 heavy (non-hydrogen) atoms. The Hall–Kier alpha value is -2.28. The highest BCUT2D eigenvalue weighted by molar-refractivity contribution is 7.11. The maximum Gasteiger partial charge on any atom is 0.322 e. The van der Waals surface area contributed by atoms with Gasteiger partial charge in [-0.25, -0.2) is 4.98 Å². The van der Waals surface area contributed by atoms with E-state index in [0.29, 0.717) is 6.42 Å². The second-order valence-electron chi connectivity index (χ2n) is 4.09. The Morgan fingerprint density at radius 3 is 2.85 bits per heavy atom. The summed E-state index contributed by atoms with van der Waals surface area (Å²) in [6.45, 7) is 1.38. The summed E-state index contributed by atoms with van der Waals surface area (Å²) in [5.41, 5.74) is 1.15. The van der Waals surface area contributed by atoms with Crippen molar-refractivity contribution in [2.24, 2.45) is 0 Å². The fraction of sp³-hybridized carbons (Fsp3) is 0.231. The first-order valence-electron chi connectivity index (χ1n) is 5.92. The van der Waals surface area contributed by atoms with Crippen LogP contribution in [0.4, 0.5) is 0 Å². The molecule has 7 heteroatoms. The van der Waals surface area contributed by atoms with Crippen LogP contribution in [-0.2, 0) is 11.2 Å². The molecule has 0 aliphatic carbocycles. The minimum Gasteiger partial charge on any atom is -0.480 e. The number of nitrogens with one attached hydrogen (secondary N) is 1. The summed E-state index contributed by atoms with van der Waals surface area (Å²) in [6.07, 6.45) is 2.26. The Balaban J connectivity index is 2.09. The number of rotatable bonds is 5. The van der Waals surface area contributed by atoms with Gasteiger partial charge in [-0.2, -0.15) is 0 Å². The van der Waals surface area contributed by atoms with Gasteiger partial charge in [-0.05, 0) is 19.1 Å². The van der Waals surface area contributed by atoms with Crippen molar-refractivity contribution in [2.45, 2.75) is 13.3 Å². The molecule has 0 bridgehead atoms. The minimum atomic E-state index is -1.08. The largest absolute Gasteiger partial charge is 0.480 e. The van der Waals surface area contributed by atoms with Gasteiger partial charge >= 0.3 is 5.97 Å². The molecule has 0 saturated carbocycles. The molecule has 0 radical (unpaired) electrons. The maximum absolute atomic E-state index is 11.8. The van der Waals surface area contributed by atoms with Crippen LogP contribution in [0.3, 0.4) is 0 Å². The van der Waals surface area contributed by atoms with Gasteiger partial charge in [0.05, 0.1) is 5.01 Å². The lowest BCUT2D eigenvalue weighted by Gasteiger charge is -1.99. The maximum atomic E-state index is 11.8. The van der Waals surface area contributed by atoms with Crippen LogP contribution in [0, 0.1) is 6.92 Å². The van der Waals surface area contributed by atoms with Gasteiger partial charge in [0.25, 0.3) is 5.91 Å². The quantitative estimate of drug-likeness (QED) is 0.865. The summed E-state index contributed by atoms with van der Waals surface area (Å²) >= 11 is 1.41. The van der Waals surface area contributed by atoms with Crippen molar-refractivity contribution >= 4 is 23.2 Å².